The van der Waals surface area contributed by atoms with Gasteiger partial charge >= 0.3 is 5.97 Å². The molecule has 28 heavy (non-hydrogen) atoms. The fraction of sp³-hybridized carbons (Fsp3) is 0.720. The predicted molar refractivity (Wildman–Crippen MR) is 113 cm³/mol. The molecule has 2 unspecified atom stereocenters. The number of carbonyl (C=O) groups is 1. The molecule has 0 spiro atoms. The summed E-state index contributed by atoms with van der Waals surface area (Å²) in [5.74, 6) is 1.15. The van der Waals surface area contributed by atoms with Gasteiger partial charge in [0, 0.05) is 31.6 Å². The Kier molecular flexibility index (Phi) is 5.83. The average Bonchev–Trinajstić information content (AvgIpc) is 3.19. The van der Waals surface area contributed by atoms with Crippen LogP contribution in [-0.2, 0) is 9.53 Å². The number of carbonyl (C=O) groups excluding carboxylic acids is 1. The van der Waals surface area contributed by atoms with Crippen LogP contribution in [0, 0.1) is 11.8 Å². The Balaban J connectivity index is 1.46. The standard InChI is InChI=1S/C25H38NO2/c1-18(2)17-26(3)21-13-14-22(26)16-23(15-21)28-25(27)24(20-11-7-8-12-20)19-9-5-4-6-10-19/h4-6,9-10,18,20-24H,7-8,11-17H2,1-3H3/q+1/t21-,22+,23+,24?,26?. The highest BCUT2D eigenvalue weighted by molar-refractivity contribution is 5.78. The molecule has 0 N–H and O–H groups in total. The molecule has 3 heteroatoms. The molecule has 1 aromatic rings. The van der Waals surface area contributed by atoms with E-state index in [1.54, 1.807) is 0 Å². The molecule has 2 saturated heterocycles. The third-order valence-corrected chi connectivity index (χ3v) is 7.90. The summed E-state index contributed by atoms with van der Waals surface area (Å²) in [5, 5.41) is 0. The number of rotatable bonds is 6. The Morgan fingerprint density at radius 3 is 2.21 bits per heavy atom. The number of hydrogen-bond acceptors (Lipinski definition) is 2. The van der Waals surface area contributed by atoms with Gasteiger partial charge in [-0.3, -0.25) is 4.79 Å². The van der Waals surface area contributed by atoms with Crippen molar-refractivity contribution in [3.05, 3.63) is 35.9 Å². The van der Waals surface area contributed by atoms with Crippen molar-refractivity contribution in [2.45, 2.75) is 89.3 Å². The first-order valence-electron chi connectivity index (χ1n) is 11.6. The minimum atomic E-state index is -0.0696. The van der Waals surface area contributed by atoms with Crippen LogP contribution in [0.5, 0.6) is 0 Å². The highest BCUT2D eigenvalue weighted by atomic mass is 16.5. The summed E-state index contributed by atoms with van der Waals surface area (Å²) in [5.41, 5.74) is 1.15. The topological polar surface area (TPSA) is 26.3 Å². The number of fused-ring (bicyclic) bond motifs is 2. The van der Waals surface area contributed by atoms with Gasteiger partial charge < -0.3 is 9.22 Å². The van der Waals surface area contributed by atoms with Crippen molar-refractivity contribution >= 4 is 5.97 Å². The lowest BCUT2D eigenvalue weighted by atomic mass is 9.84. The van der Waals surface area contributed by atoms with Crippen LogP contribution in [0.25, 0.3) is 0 Å². The van der Waals surface area contributed by atoms with Gasteiger partial charge in [-0.05, 0) is 24.3 Å². The van der Waals surface area contributed by atoms with Crippen LogP contribution in [0.4, 0.5) is 0 Å². The quantitative estimate of drug-likeness (QED) is 0.491. The third kappa shape index (κ3) is 3.87. The monoisotopic (exact) mass is 384 g/mol. The van der Waals surface area contributed by atoms with Crippen molar-refractivity contribution in [3.8, 4) is 0 Å². The lowest BCUT2D eigenvalue weighted by Crippen LogP contribution is -2.60. The summed E-state index contributed by atoms with van der Waals surface area (Å²) in [4.78, 5) is 13.3. The molecule has 5 atom stereocenters. The van der Waals surface area contributed by atoms with E-state index in [2.05, 4.69) is 45.2 Å². The van der Waals surface area contributed by atoms with E-state index in [1.807, 2.05) is 6.07 Å². The molecule has 3 aliphatic rings. The first kappa shape index (κ1) is 19.9. The van der Waals surface area contributed by atoms with Crippen LogP contribution in [0.15, 0.2) is 30.3 Å². The average molecular weight is 385 g/mol. The molecule has 4 rings (SSSR count). The van der Waals surface area contributed by atoms with Gasteiger partial charge in [-0.2, -0.15) is 0 Å². The minimum absolute atomic E-state index is 0.0439. The summed E-state index contributed by atoms with van der Waals surface area (Å²) in [6.45, 7) is 5.92. The van der Waals surface area contributed by atoms with Gasteiger partial charge in [-0.25, -0.2) is 0 Å². The summed E-state index contributed by atoms with van der Waals surface area (Å²) in [6, 6.07) is 11.7. The molecule has 1 aromatic carbocycles. The minimum Gasteiger partial charge on any atom is -0.461 e. The zero-order valence-electron chi connectivity index (χ0n) is 18.0. The van der Waals surface area contributed by atoms with Gasteiger partial charge in [0.15, 0.2) is 0 Å². The first-order valence-corrected chi connectivity index (χ1v) is 11.6. The van der Waals surface area contributed by atoms with E-state index >= 15 is 0 Å². The van der Waals surface area contributed by atoms with Crippen molar-refractivity contribution in [1.82, 2.24) is 0 Å². The maximum absolute atomic E-state index is 13.3. The zero-order chi connectivity index (χ0) is 19.7. The van der Waals surface area contributed by atoms with Crippen molar-refractivity contribution in [1.29, 1.82) is 0 Å². The lowest BCUT2D eigenvalue weighted by molar-refractivity contribution is -0.951. The second kappa shape index (κ2) is 8.18. The molecule has 3 fully saturated rings. The highest BCUT2D eigenvalue weighted by Gasteiger charge is 2.52. The Morgan fingerprint density at radius 1 is 1.04 bits per heavy atom. The summed E-state index contributed by atoms with van der Waals surface area (Å²) in [6.07, 6.45) is 9.65. The van der Waals surface area contributed by atoms with Crippen LogP contribution in [0.3, 0.4) is 0 Å². The molecule has 1 aliphatic carbocycles. The summed E-state index contributed by atoms with van der Waals surface area (Å²) < 4.78 is 7.46. The summed E-state index contributed by atoms with van der Waals surface area (Å²) in [7, 11) is 2.45. The van der Waals surface area contributed by atoms with Gasteiger partial charge in [-0.15, -0.1) is 0 Å². The van der Waals surface area contributed by atoms with Crippen molar-refractivity contribution in [2.75, 3.05) is 13.6 Å². The molecular weight excluding hydrogens is 346 g/mol. The number of quaternary nitrogens is 1. The largest absolute Gasteiger partial charge is 0.461 e. The Morgan fingerprint density at radius 2 is 1.64 bits per heavy atom. The Labute approximate surface area is 171 Å². The molecule has 0 aromatic heterocycles. The van der Waals surface area contributed by atoms with Gasteiger partial charge in [0.2, 0.25) is 0 Å². The third-order valence-electron chi connectivity index (χ3n) is 7.90. The number of hydrogen-bond donors (Lipinski definition) is 0. The number of nitrogens with zero attached hydrogens (tertiary/aromatic N) is 1. The number of benzene rings is 1. The van der Waals surface area contributed by atoms with E-state index in [1.165, 1.54) is 36.7 Å². The van der Waals surface area contributed by atoms with Gasteiger partial charge in [0.1, 0.15) is 6.10 Å². The zero-order valence-corrected chi connectivity index (χ0v) is 18.0. The van der Waals surface area contributed by atoms with Crippen LogP contribution in [-0.4, -0.2) is 42.2 Å². The van der Waals surface area contributed by atoms with E-state index < -0.39 is 0 Å². The van der Waals surface area contributed by atoms with Gasteiger partial charge in [0.05, 0.1) is 31.6 Å². The highest BCUT2D eigenvalue weighted by Crippen LogP contribution is 2.44. The van der Waals surface area contributed by atoms with Crippen LogP contribution in [0.1, 0.15) is 76.7 Å². The fourth-order valence-electron chi connectivity index (χ4n) is 6.66. The number of esters is 1. The summed E-state index contributed by atoms with van der Waals surface area (Å²) >= 11 is 0. The van der Waals surface area contributed by atoms with E-state index in [0.717, 1.165) is 37.2 Å². The number of piperidine rings is 1. The maximum atomic E-state index is 13.3. The first-order chi connectivity index (χ1) is 13.5. The van der Waals surface area contributed by atoms with Gasteiger partial charge in [-0.1, -0.05) is 57.0 Å². The lowest BCUT2D eigenvalue weighted by Gasteiger charge is -2.48. The van der Waals surface area contributed by atoms with Crippen molar-refractivity contribution in [3.63, 3.8) is 0 Å². The maximum Gasteiger partial charge on any atom is 0.313 e. The second-order valence-electron chi connectivity index (χ2n) is 10.3. The molecule has 2 heterocycles. The molecule has 154 valence electrons. The molecule has 0 amide bonds. The number of ether oxygens (including phenoxy) is 1. The molecule has 3 nitrogen and oxygen atoms in total. The van der Waals surface area contributed by atoms with E-state index in [4.69, 9.17) is 4.74 Å². The molecular formula is C25H38NO2+. The normalized spacial score (nSPS) is 33.9. The van der Waals surface area contributed by atoms with Crippen molar-refractivity contribution < 1.29 is 14.0 Å². The fourth-order valence-corrected chi connectivity index (χ4v) is 6.66. The van der Waals surface area contributed by atoms with E-state index in [9.17, 15) is 4.79 Å². The van der Waals surface area contributed by atoms with Gasteiger partial charge in [0.25, 0.3) is 0 Å². The van der Waals surface area contributed by atoms with Crippen LogP contribution >= 0.6 is 0 Å². The van der Waals surface area contributed by atoms with E-state index in [-0.39, 0.29) is 18.0 Å². The molecule has 2 aliphatic heterocycles. The smallest absolute Gasteiger partial charge is 0.313 e. The molecule has 1 saturated carbocycles. The SMILES string of the molecule is CC(C)C[N+]1(C)[C@@H]2CC[C@H]1C[C@@H](OC(=O)C(c1ccccc1)C1CCCC1)C2. The van der Waals surface area contributed by atoms with Crippen molar-refractivity contribution in [2.24, 2.45) is 11.8 Å². The van der Waals surface area contributed by atoms with Crippen LogP contribution < -0.4 is 0 Å². The van der Waals surface area contributed by atoms with E-state index in [0.29, 0.717) is 18.0 Å². The second-order valence-corrected chi connectivity index (χ2v) is 10.3. The van der Waals surface area contributed by atoms with Crippen LogP contribution in [0.2, 0.25) is 0 Å². The predicted octanol–water partition coefficient (Wildman–Crippen LogP) is 5.30. The molecule has 0 radical (unpaired) electrons. The Bertz CT molecular complexity index is 650. The Hall–Kier alpha value is -1.35. The molecule has 2 bridgehead atoms.